The fraction of sp³-hybridized carbons (Fsp3) is 0.727. The van der Waals surface area contributed by atoms with Crippen molar-refractivity contribution in [3.63, 3.8) is 0 Å². The second-order valence-electron chi connectivity index (χ2n) is 4.55. The number of rotatable bonds is 6. The van der Waals surface area contributed by atoms with E-state index in [0.29, 0.717) is 13.0 Å². The van der Waals surface area contributed by atoms with Gasteiger partial charge in [0.05, 0.1) is 17.0 Å². The summed E-state index contributed by atoms with van der Waals surface area (Å²) in [4.78, 5) is 4.12. The maximum atomic E-state index is 11.9. The molecule has 2 N–H and O–H groups in total. The lowest BCUT2D eigenvalue weighted by Gasteiger charge is -2.23. The lowest BCUT2D eigenvalue weighted by atomic mass is 10.1. The fourth-order valence-corrected chi connectivity index (χ4v) is 4.02. The van der Waals surface area contributed by atoms with Crippen LogP contribution in [0.15, 0.2) is 10.9 Å². The smallest absolute Gasteiger partial charge is 0.213 e. The third-order valence-corrected chi connectivity index (χ3v) is 5.14. The number of nitrogens with one attached hydrogen (secondary N) is 2. The van der Waals surface area contributed by atoms with Crippen LogP contribution in [0, 0.1) is 0 Å². The molecule has 0 spiro atoms. The molecule has 1 aliphatic heterocycles. The molecule has 1 fully saturated rings. The van der Waals surface area contributed by atoms with Crippen LogP contribution >= 0.6 is 11.3 Å². The molecule has 2 rings (SSSR count). The van der Waals surface area contributed by atoms with Crippen molar-refractivity contribution in [1.29, 1.82) is 0 Å². The topological polar surface area (TPSA) is 71.1 Å². The standard InChI is InChI=1S/C11H19N3O2S2/c15-18(16,8-11-3-1-2-5-12-11)14-6-4-10-7-17-9-13-10/h7,9,11-12,14H,1-6,8H2. The number of hydrogen-bond acceptors (Lipinski definition) is 5. The summed E-state index contributed by atoms with van der Waals surface area (Å²) in [5.74, 6) is 0.185. The van der Waals surface area contributed by atoms with E-state index in [-0.39, 0.29) is 11.8 Å². The molecular weight excluding hydrogens is 270 g/mol. The van der Waals surface area contributed by atoms with E-state index in [2.05, 4.69) is 15.0 Å². The second-order valence-corrected chi connectivity index (χ2v) is 7.12. The summed E-state index contributed by atoms with van der Waals surface area (Å²) >= 11 is 1.53. The minimum atomic E-state index is -3.17. The van der Waals surface area contributed by atoms with Crippen molar-refractivity contribution in [2.75, 3.05) is 18.8 Å². The summed E-state index contributed by atoms with van der Waals surface area (Å²) in [5.41, 5.74) is 2.70. The zero-order chi connectivity index (χ0) is 12.8. The Balaban J connectivity index is 1.73. The van der Waals surface area contributed by atoms with Gasteiger partial charge in [-0.3, -0.25) is 0 Å². The van der Waals surface area contributed by atoms with Crippen LogP contribution in [-0.2, 0) is 16.4 Å². The van der Waals surface area contributed by atoms with Gasteiger partial charge in [0.1, 0.15) is 0 Å². The Bertz CT molecular complexity index is 439. The van der Waals surface area contributed by atoms with E-state index in [9.17, 15) is 8.42 Å². The normalized spacial score (nSPS) is 21.0. The summed E-state index contributed by atoms with van der Waals surface area (Å²) in [5, 5.41) is 5.19. The van der Waals surface area contributed by atoms with Gasteiger partial charge in [0.15, 0.2) is 0 Å². The molecule has 0 amide bonds. The summed E-state index contributed by atoms with van der Waals surface area (Å²) in [7, 11) is -3.17. The molecule has 7 heteroatoms. The molecule has 0 aliphatic carbocycles. The van der Waals surface area contributed by atoms with E-state index in [1.165, 1.54) is 11.3 Å². The molecule has 5 nitrogen and oxygen atoms in total. The molecule has 1 saturated heterocycles. The Labute approximate surface area is 112 Å². The van der Waals surface area contributed by atoms with Gasteiger partial charge in [-0.05, 0) is 19.4 Å². The molecule has 102 valence electrons. The Morgan fingerprint density at radius 1 is 1.50 bits per heavy atom. The lowest BCUT2D eigenvalue weighted by Crippen LogP contribution is -2.42. The van der Waals surface area contributed by atoms with Crippen LogP contribution in [0.2, 0.25) is 0 Å². The molecule has 1 aromatic rings. The van der Waals surface area contributed by atoms with Crippen LogP contribution in [0.25, 0.3) is 0 Å². The van der Waals surface area contributed by atoms with E-state index in [4.69, 9.17) is 0 Å². The molecule has 0 bridgehead atoms. The van der Waals surface area contributed by atoms with Crippen molar-refractivity contribution in [3.8, 4) is 0 Å². The van der Waals surface area contributed by atoms with Gasteiger partial charge >= 0.3 is 0 Å². The number of sulfonamides is 1. The van der Waals surface area contributed by atoms with Gasteiger partial charge in [0.2, 0.25) is 10.0 Å². The zero-order valence-electron chi connectivity index (χ0n) is 10.3. The molecule has 1 atom stereocenters. The number of piperidine rings is 1. The zero-order valence-corrected chi connectivity index (χ0v) is 11.9. The van der Waals surface area contributed by atoms with Gasteiger partial charge in [0.25, 0.3) is 0 Å². The first-order valence-corrected chi connectivity index (χ1v) is 8.83. The lowest BCUT2D eigenvalue weighted by molar-refractivity contribution is 0.422. The van der Waals surface area contributed by atoms with Crippen molar-refractivity contribution >= 4 is 21.4 Å². The van der Waals surface area contributed by atoms with Gasteiger partial charge in [-0.1, -0.05) is 6.42 Å². The summed E-state index contributed by atoms with van der Waals surface area (Å²) in [6, 6.07) is 0.107. The average Bonchev–Trinajstić information content (AvgIpc) is 2.82. The Morgan fingerprint density at radius 3 is 3.06 bits per heavy atom. The van der Waals surface area contributed by atoms with Crippen molar-refractivity contribution < 1.29 is 8.42 Å². The van der Waals surface area contributed by atoms with Gasteiger partial charge in [-0.2, -0.15) is 0 Å². The van der Waals surface area contributed by atoms with Crippen LogP contribution in [0.5, 0.6) is 0 Å². The second kappa shape index (κ2) is 6.60. The molecule has 0 aromatic carbocycles. The highest BCUT2D eigenvalue weighted by Crippen LogP contribution is 2.08. The number of hydrogen-bond donors (Lipinski definition) is 2. The number of aromatic nitrogens is 1. The van der Waals surface area contributed by atoms with Gasteiger partial charge < -0.3 is 5.32 Å². The van der Waals surface area contributed by atoms with E-state index in [1.54, 1.807) is 5.51 Å². The molecule has 0 saturated carbocycles. The predicted molar refractivity (Wildman–Crippen MR) is 73.2 cm³/mol. The summed E-state index contributed by atoms with van der Waals surface area (Å²) < 4.78 is 26.4. The largest absolute Gasteiger partial charge is 0.313 e. The van der Waals surface area contributed by atoms with Crippen molar-refractivity contribution in [2.45, 2.75) is 31.7 Å². The van der Waals surface area contributed by atoms with Crippen molar-refractivity contribution in [3.05, 3.63) is 16.6 Å². The summed E-state index contributed by atoms with van der Waals surface area (Å²) in [6.45, 7) is 1.36. The van der Waals surface area contributed by atoms with Gasteiger partial charge in [-0.15, -0.1) is 11.3 Å². The van der Waals surface area contributed by atoms with Crippen LogP contribution < -0.4 is 10.0 Å². The van der Waals surface area contributed by atoms with Crippen LogP contribution in [-0.4, -0.2) is 38.3 Å². The number of nitrogens with zero attached hydrogens (tertiary/aromatic N) is 1. The monoisotopic (exact) mass is 289 g/mol. The highest BCUT2D eigenvalue weighted by molar-refractivity contribution is 7.89. The average molecular weight is 289 g/mol. The molecule has 0 radical (unpaired) electrons. The van der Waals surface area contributed by atoms with Crippen LogP contribution in [0.1, 0.15) is 25.0 Å². The molecule has 1 aliphatic rings. The molecule has 1 aromatic heterocycles. The maximum absolute atomic E-state index is 11.9. The highest BCUT2D eigenvalue weighted by Gasteiger charge is 2.20. The van der Waals surface area contributed by atoms with Crippen LogP contribution in [0.3, 0.4) is 0 Å². The van der Waals surface area contributed by atoms with E-state index >= 15 is 0 Å². The highest BCUT2D eigenvalue weighted by atomic mass is 32.2. The first kappa shape index (κ1) is 13.9. The molecule has 18 heavy (non-hydrogen) atoms. The van der Waals surface area contributed by atoms with Crippen LogP contribution in [0.4, 0.5) is 0 Å². The van der Waals surface area contributed by atoms with Gasteiger partial charge in [-0.25, -0.2) is 18.1 Å². The predicted octanol–water partition coefficient (Wildman–Crippen LogP) is 0.747. The maximum Gasteiger partial charge on any atom is 0.213 e. The first-order valence-electron chi connectivity index (χ1n) is 6.23. The van der Waals surface area contributed by atoms with E-state index in [1.807, 2.05) is 5.38 Å². The molecule has 2 heterocycles. The molecule has 1 unspecified atom stereocenters. The third-order valence-electron chi connectivity index (χ3n) is 3.02. The van der Waals surface area contributed by atoms with Crippen molar-refractivity contribution in [1.82, 2.24) is 15.0 Å². The number of thiazole rings is 1. The summed E-state index contributed by atoms with van der Waals surface area (Å²) in [6.07, 6.45) is 3.87. The molecular formula is C11H19N3O2S2. The third kappa shape index (κ3) is 4.64. The van der Waals surface area contributed by atoms with Gasteiger partial charge in [0, 0.05) is 24.4 Å². The SMILES string of the molecule is O=S(=O)(CC1CCCCN1)NCCc1cscn1. The van der Waals surface area contributed by atoms with Crippen molar-refractivity contribution in [2.24, 2.45) is 0 Å². The fourth-order valence-electron chi connectivity index (χ4n) is 2.09. The Kier molecular flexibility index (Phi) is 5.11. The minimum Gasteiger partial charge on any atom is -0.313 e. The first-order chi connectivity index (χ1) is 8.66. The van der Waals surface area contributed by atoms with E-state index in [0.717, 1.165) is 31.5 Å². The quantitative estimate of drug-likeness (QED) is 0.810. The van der Waals surface area contributed by atoms with E-state index < -0.39 is 10.0 Å². The minimum absolute atomic E-state index is 0.107. The Morgan fingerprint density at radius 2 is 2.39 bits per heavy atom. The Hall–Kier alpha value is -0.500.